The van der Waals surface area contributed by atoms with Crippen LogP contribution in [0.25, 0.3) is 0 Å². The van der Waals surface area contributed by atoms with E-state index in [1.807, 2.05) is 0 Å². The van der Waals surface area contributed by atoms with Crippen LogP contribution in [-0.4, -0.2) is 45.7 Å². The van der Waals surface area contributed by atoms with Crippen molar-refractivity contribution >= 4 is 27.3 Å². The van der Waals surface area contributed by atoms with Crippen LogP contribution in [-0.2, 0) is 46.7 Å². The first-order chi connectivity index (χ1) is 15.0. The normalized spacial score (nSPS) is 21.3. The van der Waals surface area contributed by atoms with E-state index in [4.69, 9.17) is 9.47 Å². The Morgan fingerprint density at radius 3 is 2.65 bits per heavy atom. The Morgan fingerprint density at radius 1 is 1.26 bits per heavy atom. The molecule has 8 nitrogen and oxygen atoms in total. The van der Waals surface area contributed by atoms with E-state index in [9.17, 15) is 9.00 Å². The fraction of sp³-hybridized carbons (Fsp3) is 0.500. The number of aryl methyl sites for hydroxylation is 2. The number of carbonyl (C=O) groups excluding carboxylic acids is 1. The second-order valence-corrected chi connectivity index (χ2v) is 10.5. The molecule has 2 aliphatic carbocycles. The molecule has 2 unspecified atom stereocenters. The number of benzene rings is 1. The van der Waals surface area contributed by atoms with Gasteiger partial charge in [0.2, 0.25) is 5.88 Å². The zero-order chi connectivity index (χ0) is 21.6. The summed E-state index contributed by atoms with van der Waals surface area (Å²) in [6.07, 6.45) is 8.35. The van der Waals surface area contributed by atoms with Gasteiger partial charge in [-0.2, -0.15) is 5.10 Å². The Kier molecular flexibility index (Phi) is 5.18. The molecular formula is C22H28N4O4S. The minimum atomic E-state index is -3.16. The number of ether oxygens (including phenoxy) is 2. The van der Waals surface area contributed by atoms with Crippen LogP contribution in [0.3, 0.4) is 0 Å². The summed E-state index contributed by atoms with van der Waals surface area (Å²) in [7, 11) is -1.51. The van der Waals surface area contributed by atoms with Crippen molar-refractivity contribution in [1.82, 2.24) is 14.5 Å². The zero-order valence-corrected chi connectivity index (χ0v) is 18.6. The summed E-state index contributed by atoms with van der Waals surface area (Å²) < 4.78 is 28.8. The smallest absolute Gasteiger partial charge is 0.330 e. The fourth-order valence-electron chi connectivity index (χ4n) is 4.93. The van der Waals surface area contributed by atoms with Crippen molar-refractivity contribution in [1.29, 1.82) is 0 Å². The van der Waals surface area contributed by atoms with E-state index in [1.54, 1.807) is 11.8 Å². The van der Waals surface area contributed by atoms with Gasteiger partial charge in [0, 0.05) is 19.2 Å². The van der Waals surface area contributed by atoms with Crippen molar-refractivity contribution in [3.8, 4) is 5.88 Å². The molecule has 0 saturated heterocycles. The highest BCUT2D eigenvalue weighted by Gasteiger charge is 2.28. The molecule has 5 rings (SSSR count). The molecule has 1 aromatic carbocycles. The SMILES string of the molecule is C=S(=O)(NC(=O)Nc1c2c(cc3c1CCC3)CCC2)c1cnn2c1OCCC(OC)C2. The molecule has 9 heteroatoms. The lowest BCUT2D eigenvalue weighted by Gasteiger charge is -2.18. The van der Waals surface area contributed by atoms with Crippen LogP contribution in [0, 0.1) is 0 Å². The third-order valence-corrected chi connectivity index (χ3v) is 7.98. The standard InChI is InChI=1S/C22H28N4O4S/c1-29-16-9-10-30-21-19(12-23-26(21)13-16)31(2,28)25-22(27)24-20-17-7-3-5-14(17)11-15-6-4-8-18(15)20/h11-12,16H,2-10,13H2,1H3,(H2,24,25,27,28). The molecule has 1 aliphatic heterocycles. The number of nitrogens with zero attached hydrogens (tertiary/aromatic N) is 2. The van der Waals surface area contributed by atoms with E-state index >= 15 is 0 Å². The van der Waals surface area contributed by atoms with Gasteiger partial charge in [0.25, 0.3) is 0 Å². The summed E-state index contributed by atoms with van der Waals surface area (Å²) in [5.41, 5.74) is 6.01. The van der Waals surface area contributed by atoms with E-state index in [0.717, 1.165) is 44.2 Å². The highest BCUT2D eigenvalue weighted by molar-refractivity contribution is 7.99. The Bertz CT molecular complexity index is 1110. The predicted octanol–water partition coefficient (Wildman–Crippen LogP) is 2.47. The molecule has 0 saturated carbocycles. The van der Waals surface area contributed by atoms with E-state index in [-0.39, 0.29) is 6.10 Å². The molecule has 2 aromatic rings. The van der Waals surface area contributed by atoms with Gasteiger partial charge in [-0.05, 0) is 66.6 Å². The third-order valence-electron chi connectivity index (χ3n) is 6.47. The maximum Gasteiger partial charge on any atom is 0.330 e. The monoisotopic (exact) mass is 444 g/mol. The highest BCUT2D eigenvalue weighted by atomic mass is 32.2. The Hall–Kier alpha value is -2.52. The number of hydrogen-bond acceptors (Lipinski definition) is 5. The van der Waals surface area contributed by atoms with Gasteiger partial charge >= 0.3 is 6.03 Å². The zero-order valence-electron chi connectivity index (χ0n) is 17.7. The van der Waals surface area contributed by atoms with Crippen molar-refractivity contribution in [2.75, 3.05) is 19.0 Å². The number of amides is 2. The minimum absolute atomic E-state index is 0.0339. The maximum atomic E-state index is 13.4. The lowest BCUT2D eigenvalue weighted by atomic mass is 9.99. The van der Waals surface area contributed by atoms with Crippen LogP contribution in [0.2, 0.25) is 0 Å². The number of urea groups is 1. The first kappa shape index (κ1) is 20.4. The number of rotatable bonds is 4. The second-order valence-electron chi connectivity index (χ2n) is 8.46. The van der Waals surface area contributed by atoms with Crippen LogP contribution in [0.4, 0.5) is 10.5 Å². The Balaban J connectivity index is 1.38. The molecule has 2 amide bonds. The van der Waals surface area contributed by atoms with Crippen LogP contribution < -0.4 is 14.8 Å². The topological polar surface area (TPSA) is 94.5 Å². The number of nitrogens with one attached hydrogen (secondary N) is 2. The van der Waals surface area contributed by atoms with Crippen LogP contribution in [0.1, 0.15) is 41.5 Å². The highest BCUT2D eigenvalue weighted by Crippen LogP contribution is 2.38. The van der Waals surface area contributed by atoms with Gasteiger partial charge < -0.3 is 14.8 Å². The van der Waals surface area contributed by atoms with Gasteiger partial charge in [0.1, 0.15) is 4.90 Å². The number of methoxy groups -OCH3 is 1. The summed E-state index contributed by atoms with van der Waals surface area (Å²) in [4.78, 5) is 13.2. The maximum absolute atomic E-state index is 13.4. The molecule has 0 fully saturated rings. The lowest BCUT2D eigenvalue weighted by Crippen LogP contribution is -2.35. The van der Waals surface area contributed by atoms with E-state index in [0.29, 0.717) is 30.3 Å². The minimum Gasteiger partial charge on any atom is -0.477 e. The summed E-state index contributed by atoms with van der Waals surface area (Å²) in [5, 5.41) is 7.30. The van der Waals surface area contributed by atoms with E-state index in [1.165, 1.54) is 28.5 Å². The molecule has 2 heterocycles. The molecule has 31 heavy (non-hydrogen) atoms. The quantitative estimate of drug-likeness (QED) is 0.707. The molecule has 0 bridgehead atoms. The van der Waals surface area contributed by atoms with Crippen molar-refractivity contribution < 1.29 is 18.5 Å². The first-order valence-electron chi connectivity index (χ1n) is 10.8. The van der Waals surface area contributed by atoms with Crippen LogP contribution in [0.5, 0.6) is 5.88 Å². The van der Waals surface area contributed by atoms with Gasteiger partial charge in [-0.3, -0.25) is 4.72 Å². The van der Waals surface area contributed by atoms with Crippen LogP contribution in [0.15, 0.2) is 17.2 Å². The van der Waals surface area contributed by atoms with Crippen LogP contribution >= 0.6 is 0 Å². The van der Waals surface area contributed by atoms with Crippen molar-refractivity contribution in [3.05, 3.63) is 34.5 Å². The van der Waals surface area contributed by atoms with Gasteiger partial charge in [0.05, 0.1) is 35.2 Å². The fourth-order valence-corrected chi connectivity index (χ4v) is 6.06. The molecule has 2 N–H and O–H groups in total. The number of anilines is 1. The van der Waals surface area contributed by atoms with Gasteiger partial charge in [-0.1, -0.05) is 6.07 Å². The first-order valence-corrected chi connectivity index (χ1v) is 12.5. The summed E-state index contributed by atoms with van der Waals surface area (Å²) in [5.74, 6) is 4.18. The number of aromatic nitrogens is 2. The molecule has 1 aromatic heterocycles. The summed E-state index contributed by atoms with van der Waals surface area (Å²) >= 11 is 0. The number of fused-ring (bicyclic) bond motifs is 3. The number of hydrogen-bond donors (Lipinski definition) is 2. The summed E-state index contributed by atoms with van der Waals surface area (Å²) in [6.45, 7) is 0.914. The van der Waals surface area contributed by atoms with Crippen molar-refractivity contribution in [2.45, 2.75) is 62.5 Å². The molecular weight excluding hydrogens is 416 g/mol. The predicted molar refractivity (Wildman–Crippen MR) is 119 cm³/mol. The second kappa shape index (κ2) is 7.87. The average Bonchev–Trinajstić information content (AvgIpc) is 3.44. The number of carbonyl (C=O) groups is 1. The van der Waals surface area contributed by atoms with Crippen molar-refractivity contribution in [3.63, 3.8) is 0 Å². The van der Waals surface area contributed by atoms with Gasteiger partial charge in [-0.25, -0.2) is 13.7 Å². The Labute approximate surface area is 182 Å². The molecule has 166 valence electrons. The largest absolute Gasteiger partial charge is 0.477 e. The van der Waals surface area contributed by atoms with E-state index in [2.05, 4.69) is 27.1 Å². The molecule has 0 radical (unpaired) electrons. The van der Waals surface area contributed by atoms with Gasteiger partial charge in [-0.15, -0.1) is 0 Å². The average molecular weight is 445 g/mol. The van der Waals surface area contributed by atoms with Gasteiger partial charge in [0.15, 0.2) is 0 Å². The summed E-state index contributed by atoms with van der Waals surface area (Å²) in [6, 6.07) is 1.79. The lowest BCUT2D eigenvalue weighted by molar-refractivity contribution is 0.0775. The molecule has 2 atom stereocenters. The van der Waals surface area contributed by atoms with Crippen molar-refractivity contribution in [2.24, 2.45) is 0 Å². The molecule has 3 aliphatic rings. The van der Waals surface area contributed by atoms with E-state index < -0.39 is 15.7 Å². The molecule has 0 spiro atoms. The Morgan fingerprint density at radius 2 is 1.97 bits per heavy atom. The third kappa shape index (κ3) is 3.70.